The van der Waals surface area contributed by atoms with Crippen molar-refractivity contribution in [1.82, 2.24) is 10.2 Å². The fraction of sp³-hybridized carbons (Fsp3) is 0.571. The van der Waals surface area contributed by atoms with Crippen LogP contribution in [-0.4, -0.2) is 30.6 Å². The van der Waals surface area contributed by atoms with E-state index in [2.05, 4.69) is 17.1 Å². The van der Waals surface area contributed by atoms with Gasteiger partial charge in [0.15, 0.2) is 0 Å². The summed E-state index contributed by atoms with van der Waals surface area (Å²) in [5.41, 5.74) is 1.01. The molecule has 18 heavy (non-hydrogen) atoms. The minimum absolute atomic E-state index is 0.203. The van der Waals surface area contributed by atoms with Crippen molar-refractivity contribution in [3.8, 4) is 0 Å². The lowest BCUT2D eigenvalue weighted by atomic mass is 9.95. The molecule has 2 nitrogen and oxygen atoms in total. The minimum atomic E-state index is -0.317. The Bertz CT molecular complexity index is 451. The van der Waals surface area contributed by atoms with E-state index in [1.165, 1.54) is 0 Å². The Balaban J connectivity index is 1.71. The molecule has 1 aromatic carbocycles. The standard InChI is InChI=1S/C14H18ClFN2/c1-9-12-6-17-5-11(12)8-18(9)7-10-2-3-13(15)14(16)4-10/h2-4,9,11-12,17H,5-8H2,1H3. The van der Waals surface area contributed by atoms with Gasteiger partial charge in [0.2, 0.25) is 0 Å². The Morgan fingerprint density at radius 1 is 1.44 bits per heavy atom. The zero-order chi connectivity index (χ0) is 12.7. The van der Waals surface area contributed by atoms with Gasteiger partial charge in [-0.15, -0.1) is 0 Å². The molecular weight excluding hydrogens is 251 g/mol. The lowest BCUT2D eigenvalue weighted by Crippen LogP contribution is -2.32. The first-order valence-electron chi connectivity index (χ1n) is 6.54. The quantitative estimate of drug-likeness (QED) is 0.887. The van der Waals surface area contributed by atoms with Crippen LogP contribution in [0.1, 0.15) is 12.5 Å². The normalized spacial score (nSPS) is 31.8. The number of rotatable bonds is 2. The molecule has 0 radical (unpaired) electrons. The van der Waals surface area contributed by atoms with Crippen molar-refractivity contribution in [2.24, 2.45) is 11.8 Å². The third kappa shape index (κ3) is 2.15. The van der Waals surface area contributed by atoms with Crippen molar-refractivity contribution >= 4 is 11.6 Å². The Labute approximate surface area is 112 Å². The van der Waals surface area contributed by atoms with Crippen molar-refractivity contribution in [3.05, 3.63) is 34.6 Å². The molecule has 0 spiro atoms. The number of likely N-dealkylation sites (tertiary alicyclic amines) is 1. The first kappa shape index (κ1) is 12.4. The minimum Gasteiger partial charge on any atom is -0.316 e. The maximum atomic E-state index is 13.4. The smallest absolute Gasteiger partial charge is 0.142 e. The average Bonchev–Trinajstić information content (AvgIpc) is 2.89. The molecule has 3 rings (SSSR count). The molecule has 2 aliphatic heterocycles. The Morgan fingerprint density at radius 2 is 2.28 bits per heavy atom. The maximum absolute atomic E-state index is 13.4. The molecule has 0 amide bonds. The molecule has 2 fully saturated rings. The zero-order valence-corrected chi connectivity index (χ0v) is 11.3. The maximum Gasteiger partial charge on any atom is 0.142 e. The summed E-state index contributed by atoms with van der Waals surface area (Å²) in [6, 6.07) is 5.70. The number of nitrogens with one attached hydrogen (secondary N) is 1. The number of hydrogen-bond acceptors (Lipinski definition) is 2. The van der Waals surface area contributed by atoms with Crippen LogP contribution >= 0.6 is 11.6 Å². The summed E-state index contributed by atoms with van der Waals surface area (Å²) in [6.07, 6.45) is 0. The molecule has 0 saturated carbocycles. The van der Waals surface area contributed by atoms with Gasteiger partial charge in [-0.25, -0.2) is 4.39 Å². The van der Waals surface area contributed by atoms with Gasteiger partial charge in [0.1, 0.15) is 5.82 Å². The van der Waals surface area contributed by atoms with Crippen LogP contribution in [0.3, 0.4) is 0 Å². The first-order chi connectivity index (χ1) is 8.65. The molecule has 0 aromatic heterocycles. The number of halogens is 2. The Hall–Kier alpha value is -0.640. The van der Waals surface area contributed by atoms with E-state index in [-0.39, 0.29) is 10.8 Å². The van der Waals surface area contributed by atoms with E-state index >= 15 is 0 Å². The molecule has 1 aromatic rings. The van der Waals surface area contributed by atoms with E-state index in [9.17, 15) is 4.39 Å². The van der Waals surface area contributed by atoms with Gasteiger partial charge in [-0.3, -0.25) is 4.90 Å². The number of nitrogens with zero attached hydrogens (tertiary/aromatic N) is 1. The van der Waals surface area contributed by atoms with Crippen LogP contribution in [0.15, 0.2) is 18.2 Å². The summed E-state index contributed by atoms with van der Waals surface area (Å²) >= 11 is 5.71. The predicted octanol–water partition coefficient (Wildman–Crippen LogP) is 2.52. The van der Waals surface area contributed by atoms with E-state index < -0.39 is 0 Å². The van der Waals surface area contributed by atoms with Crippen LogP contribution in [0.25, 0.3) is 0 Å². The molecule has 3 atom stereocenters. The van der Waals surface area contributed by atoms with Crippen molar-refractivity contribution in [2.75, 3.05) is 19.6 Å². The van der Waals surface area contributed by atoms with Gasteiger partial charge >= 0.3 is 0 Å². The monoisotopic (exact) mass is 268 g/mol. The van der Waals surface area contributed by atoms with Crippen LogP contribution in [0.5, 0.6) is 0 Å². The highest BCUT2D eigenvalue weighted by Gasteiger charge is 2.41. The van der Waals surface area contributed by atoms with Crippen molar-refractivity contribution in [1.29, 1.82) is 0 Å². The van der Waals surface area contributed by atoms with Crippen LogP contribution in [-0.2, 0) is 6.54 Å². The summed E-state index contributed by atoms with van der Waals surface area (Å²) in [4.78, 5) is 2.46. The molecular formula is C14H18ClFN2. The van der Waals surface area contributed by atoms with Crippen LogP contribution in [0.2, 0.25) is 5.02 Å². The predicted molar refractivity (Wildman–Crippen MR) is 71.1 cm³/mol. The average molecular weight is 269 g/mol. The molecule has 4 heteroatoms. The second-order valence-electron chi connectivity index (χ2n) is 5.50. The number of hydrogen-bond donors (Lipinski definition) is 1. The van der Waals surface area contributed by atoms with Gasteiger partial charge in [-0.2, -0.15) is 0 Å². The highest BCUT2D eigenvalue weighted by atomic mass is 35.5. The third-order valence-electron chi connectivity index (χ3n) is 4.43. The molecule has 0 bridgehead atoms. The summed E-state index contributed by atoms with van der Waals surface area (Å²) in [5, 5.41) is 3.65. The van der Waals surface area contributed by atoms with Gasteiger partial charge in [0.25, 0.3) is 0 Å². The molecule has 2 saturated heterocycles. The van der Waals surface area contributed by atoms with Crippen molar-refractivity contribution in [2.45, 2.75) is 19.5 Å². The summed E-state index contributed by atoms with van der Waals surface area (Å²) in [7, 11) is 0. The second-order valence-corrected chi connectivity index (χ2v) is 5.91. The van der Waals surface area contributed by atoms with Gasteiger partial charge in [0, 0.05) is 19.1 Å². The molecule has 1 N–H and O–H groups in total. The summed E-state index contributed by atoms with van der Waals surface area (Å²) in [5.74, 6) is 1.20. The number of fused-ring (bicyclic) bond motifs is 1. The molecule has 2 aliphatic rings. The van der Waals surface area contributed by atoms with E-state index in [1.54, 1.807) is 12.1 Å². The van der Waals surface area contributed by atoms with E-state index in [0.29, 0.717) is 6.04 Å². The lowest BCUT2D eigenvalue weighted by Gasteiger charge is -2.24. The number of benzene rings is 1. The highest BCUT2D eigenvalue weighted by molar-refractivity contribution is 6.30. The Kier molecular flexibility index (Phi) is 3.31. The van der Waals surface area contributed by atoms with Gasteiger partial charge in [-0.05, 0) is 49.5 Å². The lowest BCUT2D eigenvalue weighted by molar-refractivity contribution is 0.231. The molecule has 3 unspecified atom stereocenters. The van der Waals surface area contributed by atoms with E-state index in [1.807, 2.05) is 6.07 Å². The third-order valence-corrected chi connectivity index (χ3v) is 4.73. The van der Waals surface area contributed by atoms with Gasteiger partial charge < -0.3 is 5.32 Å². The van der Waals surface area contributed by atoms with E-state index in [0.717, 1.165) is 43.6 Å². The van der Waals surface area contributed by atoms with Crippen molar-refractivity contribution in [3.63, 3.8) is 0 Å². The second kappa shape index (κ2) is 4.80. The fourth-order valence-electron chi connectivity index (χ4n) is 3.34. The largest absolute Gasteiger partial charge is 0.316 e. The molecule has 98 valence electrons. The van der Waals surface area contributed by atoms with E-state index in [4.69, 9.17) is 11.6 Å². The molecule has 0 aliphatic carbocycles. The molecule has 2 heterocycles. The highest BCUT2D eigenvalue weighted by Crippen LogP contribution is 2.33. The van der Waals surface area contributed by atoms with Gasteiger partial charge in [0.05, 0.1) is 5.02 Å². The zero-order valence-electron chi connectivity index (χ0n) is 10.5. The van der Waals surface area contributed by atoms with Crippen LogP contribution in [0, 0.1) is 17.7 Å². The van der Waals surface area contributed by atoms with Gasteiger partial charge in [-0.1, -0.05) is 17.7 Å². The first-order valence-corrected chi connectivity index (χ1v) is 6.91. The Morgan fingerprint density at radius 3 is 3.00 bits per heavy atom. The fourth-order valence-corrected chi connectivity index (χ4v) is 3.45. The topological polar surface area (TPSA) is 15.3 Å². The SMILES string of the molecule is CC1C2CNCC2CN1Cc1ccc(Cl)c(F)c1. The summed E-state index contributed by atoms with van der Waals surface area (Å²) in [6.45, 7) is 6.47. The van der Waals surface area contributed by atoms with Crippen molar-refractivity contribution < 1.29 is 4.39 Å². The van der Waals surface area contributed by atoms with Crippen LogP contribution < -0.4 is 5.32 Å². The van der Waals surface area contributed by atoms with Crippen LogP contribution in [0.4, 0.5) is 4.39 Å². The summed E-state index contributed by atoms with van der Waals surface area (Å²) < 4.78 is 13.4.